The van der Waals surface area contributed by atoms with Crippen LogP contribution in [0.3, 0.4) is 0 Å². The van der Waals surface area contributed by atoms with Gasteiger partial charge in [-0.2, -0.15) is 0 Å². The average molecular weight is 324 g/mol. The van der Waals surface area contributed by atoms with Gasteiger partial charge in [0.15, 0.2) is 0 Å². The molecule has 1 N–H and O–H groups in total. The van der Waals surface area contributed by atoms with Crippen molar-refractivity contribution in [1.82, 2.24) is 15.3 Å². The normalized spacial score (nSPS) is 17.5. The minimum absolute atomic E-state index is 0.160. The lowest BCUT2D eigenvalue weighted by Gasteiger charge is -2.37. The zero-order valence-electron chi connectivity index (χ0n) is 14.1. The predicted octanol–water partition coefficient (Wildman–Crippen LogP) is 3.18. The van der Waals surface area contributed by atoms with Crippen LogP contribution in [0.2, 0.25) is 0 Å². The van der Waals surface area contributed by atoms with Gasteiger partial charge >= 0.3 is 0 Å². The monoisotopic (exact) mass is 324 g/mol. The first kappa shape index (κ1) is 16.4. The van der Waals surface area contributed by atoms with E-state index in [2.05, 4.69) is 27.1 Å². The van der Waals surface area contributed by atoms with Crippen LogP contribution in [0.1, 0.15) is 48.8 Å². The summed E-state index contributed by atoms with van der Waals surface area (Å²) in [5.41, 5.74) is 2.40. The summed E-state index contributed by atoms with van der Waals surface area (Å²) in [6.45, 7) is 3.69. The Morgan fingerprint density at radius 2 is 2.17 bits per heavy atom. The smallest absolute Gasteiger partial charge is 0.270 e. The van der Waals surface area contributed by atoms with E-state index in [9.17, 15) is 4.79 Å². The molecule has 1 amide bonds. The van der Waals surface area contributed by atoms with Crippen LogP contribution >= 0.6 is 0 Å². The van der Waals surface area contributed by atoms with E-state index in [1.165, 1.54) is 19.3 Å². The fourth-order valence-electron chi connectivity index (χ4n) is 3.25. The highest BCUT2D eigenvalue weighted by Gasteiger charge is 2.22. The summed E-state index contributed by atoms with van der Waals surface area (Å²) >= 11 is 0. The maximum atomic E-state index is 12.4. The summed E-state index contributed by atoms with van der Waals surface area (Å²) < 4.78 is 0. The van der Waals surface area contributed by atoms with Crippen molar-refractivity contribution in [2.45, 2.75) is 45.2 Å². The molecule has 126 valence electrons. The van der Waals surface area contributed by atoms with Crippen LogP contribution in [0.4, 0.5) is 5.69 Å². The van der Waals surface area contributed by atoms with Crippen molar-refractivity contribution in [2.75, 3.05) is 11.4 Å². The number of hydrogen-bond donors (Lipinski definition) is 1. The van der Waals surface area contributed by atoms with Crippen LogP contribution in [0.25, 0.3) is 0 Å². The number of carbonyl (C=O) groups is 1. The number of nitrogens with one attached hydrogen (secondary N) is 1. The Hall–Kier alpha value is -2.43. The topological polar surface area (TPSA) is 58.1 Å². The van der Waals surface area contributed by atoms with Crippen LogP contribution < -0.4 is 10.2 Å². The molecule has 1 saturated heterocycles. The standard InChI is InChI=1S/C19H24N4O/c1-2-16-8-4-6-12-23(16)17-9-11-21-18(13-17)19(24)22-14-15-7-3-5-10-20-15/h3,5,7,9-11,13,16H,2,4,6,8,12,14H2,1H3,(H,22,24). The second-order valence-electron chi connectivity index (χ2n) is 6.15. The first-order valence-electron chi connectivity index (χ1n) is 8.68. The molecule has 3 heterocycles. The number of piperidine rings is 1. The maximum absolute atomic E-state index is 12.4. The van der Waals surface area contributed by atoms with E-state index in [1.54, 1.807) is 12.4 Å². The zero-order chi connectivity index (χ0) is 16.8. The predicted molar refractivity (Wildman–Crippen MR) is 94.9 cm³/mol. The van der Waals surface area contributed by atoms with Gasteiger partial charge in [0.2, 0.25) is 0 Å². The summed E-state index contributed by atoms with van der Waals surface area (Å²) in [7, 11) is 0. The molecular formula is C19H24N4O. The average Bonchev–Trinajstić information content (AvgIpc) is 2.67. The highest BCUT2D eigenvalue weighted by molar-refractivity contribution is 5.93. The minimum atomic E-state index is -0.160. The minimum Gasteiger partial charge on any atom is -0.368 e. The molecule has 3 rings (SSSR count). The van der Waals surface area contributed by atoms with Gasteiger partial charge in [-0.25, -0.2) is 0 Å². The largest absolute Gasteiger partial charge is 0.368 e. The molecule has 0 saturated carbocycles. The molecule has 1 unspecified atom stereocenters. The fourth-order valence-corrected chi connectivity index (χ4v) is 3.25. The molecule has 2 aromatic rings. The van der Waals surface area contributed by atoms with Crippen molar-refractivity contribution in [1.29, 1.82) is 0 Å². The SMILES string of the molecule is CCC1CCCCN1c1ccnc(C(=O)NCc2ccccn2)c1. The van der Waals surface area contributed by atoms with Gasteiger partial charge < -0.3 is 10.2 Å². The number of hydrogen-bond acceptors (Lipinski definition) is 4. The summed E-state index contributed by atoms with van der Waals surface area (Å²) in [6.07, 6.45) is 8.30. The Bertz CT molecular complexity index is 674. The molecule has 2 aromatic heterocycles. The fraction of sp³-hybridized carbons (Fsp3) is 0.421. The van der Waals surface area contributed by atoms with E-state index in [-0.39, 0.29) is 5.91 Å². The van der Waals surface area contributed by atoms with Gasteiger partial charge in [0.25, 0.3) is 5.91 Å². The van der Waals surface area contributed by atoms with Crippen molar-refractivity contribution in [3.8, 4) is 0 Å². The molecule has 0 aromatic carbocycles. The number of rotatable bonds is 5. The molecule has 1 atom stereocenters. The number of anilines is 1. The van der Waals surface area contributed by atoms with E-state index < -0.39 is 0 Å². The number of carbonyl (C=O) groups excluding carboxylic acids is 1. The van der Waals surface area contributed by atoms with Crippen molar-refractivity contribution in [3.63, 3.8) is 0 Å². The van der Waals surface area contributed by atoms with Gasteiger partial charge in [0.05, 0.1) is 12.2 Å². The molecule has 0 spiro atoms. The summed E-state index contributed by atoms with van der Waals surface area (Å²) in [5.74, 6) is -0.160. The molecule has 0 radical (unpaired) electrons. The van der Waals surface area contributed by atoms with Crippen LogP contribution in [0.5, 0.6) is 0 Å². The van der Waals surface area contributed by atoms with Crippen LogP contribution in [-0.2, 0) is 6.54 Å². The Labute approximate surface area is 143 Å². The molecule has 0 aliphatic carbocycles. The van der Waals surface area contributed by atoms with E-state index in [1.807, 2.05) is 30.3 Å². The first-order chi connectivity index (χ1) is 11.8. The third kappa shape index (κ3) is 3.91. The third-order valence-corrected chi connectivity index (χ3v) is 4.56. The lowest BCUT2D eigenvalue weighted by molar-refractivity contribution is 0.0945. The van der Waals surface area contributed by atoms with Gasteiger partial charge in [0, 0.05) is 30.7 Å². The van der Waals surface area contributed by atoms with Crippen LogP contribution in [0.15, 0.2) is 42.7 Å². The van der Waals surface area contributed by atoms with Crippen molar-refractivity contribution in [3.05, 3.63) is 54.1 Å². The summed E-state index contributed by atoms with van der Waals surface area (Å²) in [6, 6.07) is 10.1. The first-order valence-corrected chi connectivity index (χ1v) is 8.68. The molecule has 5 nitrogen and oxygen atoms in total. The second-order valence-corrected chi connectivity index (χ2v) is 6.15. The molecular weight excluding hydrogens is 300 g/mol. The van der Waals surface area contributed by atoms with E-state index in [0.717, 1.165) is 24.3 Å². The van der Waals surface area contributed by atoms with Gasteiger partial charge in [-0.15, -0.1) is 0 Å². The summed E-state index contributed by atoms with van der Waals surface area (Å²) in [5, 5.41) is 2.89. The second kappa shape index (κ2) is 7.90. The van der Waals surface area contributed by atoms with Crippen molar-refractivity contribution < 1.29 is 4.79 Å². The van der Waals surface area contributed by atoms with Gasteiger partial charge in [0.1, 0.15) is 5.69 Å². The van der Waals surface area contributed by atoms with Gasteiger partial charge in [-0.05, 0) is 49.9 Å². The Morgan fingerprint density at radius 1 is 1.25 bits per heavy atom. The van der Waals surface area contributed by atoms with Crippen molar-refractivity contribution >= 4 is 11.6 Å². The van der Waals surface area contributed by atoms with Gasteiger partial charge in [-0.1, -0.05) is 13.0 Å². The lowest BCUT2D eigenvalue weighted by Crippen LogP contribution is -2.39. The molecule has 1 fully saturated rings. The number of amides is 1. The molecule has 24 heavy (non-hydrogen) atoms. The van der Waals surface area contributed by atoms with Gasteiger partial charge in [-0.3, -0.25) is 14.8 Å². The number of pyridine rings is 2. The van der Waals surface area contributed by atoms with E-state index in [4.69, 9.17) is 0 Å². The van der Waals surface area contributed by atoms with E-state index in [0.29, 0.717) is 18.3 Å². The molecule has 5 heteroatoms. The van der Waals surface area contributed by atoms with E-state index >= 15 is 0 Å². The third-order valence-electron chi connectivity index (χ3n) is 4.56. The van der Waals surface area contributed by atoms with Crippen molar-refractivity contribution in [2.24, 2.45) is 0 Å². The Balaban J connectivity index is 1.69. The number of aromatic nitrogens is 2. The molecule has 1 aliphatic rings. The quantitative estimate of drug-likeness (QED) is 0.918. The lowest BCUT2D eigenvalue weighted by atomic mass is 9.99. The Kier molecular flexibility index (Phi) is 5.41. The summed E-state index contributed by atoms with van der Waals surface area (Å²) in [4.78, 5) is 23.3. The molecule has 1 aliphatic heterocycles. The van der Waals surface area contributed by atoms with Crippen LogP contribution in [-0.4, -0.2) is 28.5 Å². The highest BCUT2D eigenvalue weighted by atomic mass is 16.1. The highest BCUT2D eigenvalue weighted by Crippen LogP contribution is 2.26. The zero-order valence-corrected chi connectivity index (χ0v) is 14.1. The molecule has 0 bridgehead atoms. The number of nitrogens with zero attached hydrogens (tertiary/aromatic N) is 3. The maximum Gasteiger partial charge on any atom is 0.270 e. The Morgan fingerprint density at radius 3 is 2.96 bits per heavy atom. The van der Waals surface area contributed by atoms with Crippen LogP contribution in [0, 0.1) is 0 Å².